The minimum absolute atomic E-state index is 0.0422. The van der Waals surface area contributed by atoms with Crippen molar-refractivity contribution in [2.45, 2.75) is 26.3 Å². The molecule has 0 aliphatic rings. The molecule has 1 heterocycles. The molecule has 1 aromatic carbocycles. The maximum absolute atomic E-state index is 12.2. The van der Waals surface area contributed by atoms with Crippen LogP contribution in [-0.4, -0.2) is 33.8 Å². The van der Waals surface area contributed by atoms with Crippen LogP contribution in [0.2, 0.25) is 0 Å². The first kappa shape index (κ1) is 15.2. The van der Waals surface area contributed by atoms with Crippen LogP contribution in [0.1, 0.15) is 30.6 Å². The Hall–Kier alpha value is -2.21. The summed E-state index contributed by atoms with van der Waals surface area (Å²) in [7, 11) is 0. The van der Waals surface area contributed by atoms with Crippen molar-refractivity contribution in [1.82, 2.24) is 15.5 Å². The van der Waals surface area contributed by atoms with Crippen LogP contribution in [0.25, 0.3) is 11.4 Å². The third-order valence-electron chi connectivity index (χ3n) is 3.33. The normalized spacial score (nSPS) is 12.4. The van der Waals surface area contributed by atoms with Crippen LogP contribution in [0.15, 0.2) is 35.2 Å². The highest BCUT2D eigenvalue weighted by Gasteiger charge is 2.16. The van der Waals surface area contributed by atoms with Crippen LogP contribution >= 0.6 is 0 Å². The van der Waals surface area contributed by atoms with E-state index in [1.807, 2.05) is 13.8 Å². The molecule has 1 aromatic heterocycles. The van der Waals surface area contributed by atoms with E-state index in [4.69, 9.17) is 5.11 Å². The lowest BCUT2D eigenvalue weighted by Crippen LogP contribution is -2.39. The second-order valence-electron chi connectivity index (χ2n) is 5.17. The largest absolute Gasteiger partial charge is 0.396 e. The van der Waals surface area contributed by atoms with Gasteiger partial charge in [0.05, 0.1) is 0 Å². The summed E-state index contributed by atoms with van der Waals surface area (Å²) in [6.45, 7) is 4.08. The number of nitrogens with zero attached hydrogens (tertiary/aromatic N) is 2. The van der Waals surface area contributed by atoms with Gasteiger partial charge in [-0.05, 0) is 24.5 Å². The van der Waals surface area contributed by atoms with Gasteiger partial charge >= 0.3 is 0 Å². The summed E-state index contributed by atoms with van der Waals surface area (Å²) in [6.07, 6.45) is 1.81. The number of nitrogens with one attached hydrogen (secondary N) is 1. The predicted octanol–water partition coefficient (Wildman–Crippen LogP) is 1.87. The molecular formula is C15H19N3O3. The number of carbonyl (C=O) groups excluding carboxylic acids is 1. The zero-order chi connectivity index (χ0) is 15.2. The molecule has 6 heteroatoms. The van der Waals surface area contributed by atoms with Crippen LogP contribution in [0, 0.1) is 5.92 Å². The summed E-state index contributed by atoms with van der Waals surface area (Å²) in [5.41, 5.74) is 1.35. The van der Waals surface area contributed by atoms with Crippen LogP contribution in [0.4, 0.5) is 0 Å². The summed E-state index contributed by atoms with van der Waals surface area (Å²) in [5, 5.41) is 15.7. The van der Waals surface area contributed by atoms with E-state index in [1.165, 1.54) is 6.39 Å². The lowest BCUT2D eigenvalue weighted by atomic mass is 10.0. The van der Waals surface area contributed by atoms with Crippen molar-refractivity contribution in [3.63, 3.8) is 0 Å². The molecule has 0 saturated heterocycles. The number of rotatable bonds is 6. The van der Waals surface area contributed by atoms with Gasteiger partial charge in [-0.2, -0.15) is 4.98 Å². The Balaban J connectivity index is 2.06. The number of hydrogen-bond acceptors (Lipinski definition) is 5. The number of hydrogen-bond donors (Lipinski definition) is 2. The molecule has 2 N–H and O–H groups in total. The van der Waals surface area contributed by atoms with E-state index < -0.39 is 0 Å². The van der Waals surface area contributed by atoms with Gasteiger partial charge in [0.1, 0.15) is 0 Å². The number of aromatic nitrogens is 2. The molecule has 0 spiro atoms. The topological polar surface area (TPSA) is 88.2 Å². The maximum Gasteiger partial charge on any atom is 0.251 e. The van der Waals surface area contributed by atoms with E-state index in [0.29, 0.717) is 17.8 Å². The first-order valence-corrected chi connectivity index (χ1v) is 6.90. The predicted molar refractivity (Wildman–Crippen MR) is 77.5 cm³/mol. The summed E-state index contributed by atoms with van der Waals surface area (Å²) < 4.78 is 4.69. The lowest BCUT2D eigenvalue weighted by Gasteiger charge is -2.21. The fraction of sp³-hybridized carbons (Fsp3) is 0.400. The van der Waals surface area contributed by atoms with Crippen molar-refractivity contribution in [3.8, 4) is 11.4 Å². The molecule has 0 saturated carbocycles. The van der Waals surface area contributed by atoms with Gasteiger partial charge in [0.25, 0.3) is 5.91 Å². The van der Waals surface area contributed by atoms with Gasteiger partial charge in [0.15, 0.2) is 0 Å². The average Bonchev–Trinajstić information content (AvgIpc) is 3.01. The molecule has 1 unspecified atom stereocenters. The minimum Gasteiger partial charge on any atom is -0.396 e. The Morgan fingerprint density at radius 3 is 2.57 bits per heavy atom. The molecule has 0 aliphatic carbocycles. The molecule has 6 nitrogen and oxygen atoms in total. The van der Waals surface area contributed by atoms with Gasteiger partial charge < -0.3 is 14.9 Å². The minimum atomic E-state index is -0.151. The van der Waals surface area contributed by atoms with Crippen molar-refractivity contribution < 1.29 is 14.4 Å². The second-order valence-corrected chi connectivity index (χ2v) is 5.17. The molecule has 0 radical (unpaired) electrons. The van der Waals surface area contributed by atoms with Crippen molar-refractivity contribution in [2.75, 3.05) is 6.61 Å². The molecule has 2 aromatic rings. The Labute approximate surface area is 123 Å². The summed E-state index contributed by atoms with van der Waals surface area (Å²) in [6, 6.07) is 6.94. The third kappa shape index (κ3) is 3.88. The first-order valence-electron chi connectivity index (χ1n) is 6.90. The molecule has 0 bridgehead atoms. The highest BCUT2D eigenvalue weighted by atomic mass is 16.5. The quantitative estimate of drug-likeness (QED) is 0.847. The smallest absolute Gasteiger partial charge is 0.251 e. The number of benzene rings is 1. The van der Waals surface area contributed by atoms with E-state index in [-0.39, 0.29) is 24.5 Å². The molecule has 112 valence electrons. The van der Waals surface area contributed by atoms with Gasteiger partial charge in [0.2, 0.25) is 12.2 Å². The van der Waals surface area contributed by atoms with Crippen LogP contribution in [0.3, 0.4) is 0 Å². The Bertz CT molecular complexity index is 564. The van der Waals surface area contributed by atoms with Crippen molar-refractivity contribution in [1.29, 1.82) is 0 Å². The Morgan fingerprint density at radius 1 is 1.33 bits per heavy atom. The summed E-state index contributed by atoms with van der Waals surface area (Å²) in [5.74, 6) is 0.601. The number of aliphatic hydroxyl groups excluding tert-OH is 1. The molecule has 2 rings (SSSR count). The number of carbonyl (C=O) groups is 1. The number of amides is 1. The second kappa shape index (κ2) is 6.99. The van der Waals surface area contributed by atoms with Crippen molar-refractivity contribution in [2.24, 2.45) is 5.92 Å². The lowest BCUT2D eigenvalue weighted by molar-refractivity contribution is 0.0916. The molecule has 0 fully saturated rings. The average molecular weight is 289 g/mol. The highest BCUT2D eigenvalue weighted by molar-refractivity contribution is 5.94. The van der Waals surface area contributed by atoms with E-state index >= 15 is 0 Å². The van der Waals surface area contributed by atoms with E-state index in [1.54, 1.807) is 24.3 Å². The van der Waals surface area contributed by atoms with Gasteiger partial charge in [-0.3, -0.25) is 4.79 Å². The zero-order valence-electron chi connectivity index (χ0n) is 12.1. The van der Waals surface area contributed by atoms with Crippen LogP contribution in [-0.2, 0) is 0 Å². The molecule has 1 amide bonds. The molecule has 21 heavy (non-hydrogen) atoms. The zero-order valence-corrected chi connectivity index (χ0v) is 12.1. The van der Waals surface area contributed by atoms with Crippen LogP contribution in [0.5, 0.6) is 0 Å². The third-order valence-corrected chi connectivity index (χ3v) is 3.33. The van der Waals surface area contributed by atoms with Crippen molar-refractivity contribution in [3.05, 3.63) is 36.2 Å². The van der Waals surface area contributed by atoms with E-state index in [2.05, 4.69) is 20.0 Å². The number of aliphatic hydroxyl groups is 1. The summed E-state index contributed by atoms with van der Waals surface area (Å²) in [4.78, 5) is 16.1. The van der Waals surface area contributed by atoms with Gasteiger partial charge in [-0.15, -0.1) is 0 Å². The SMILES string of the molecule is CC(C)C(CCO)NC(=O)c1ccc(-c2ncon2)cc1. The Morgan fingerprint density at radius 2 is 2.05 bits per heavy atom. The van der Waals surface area contributed by atoms with Crippen molar-refractivity contribution >= 4 is 5.91 Å². The van der Waals surface area contributed by atoms with E-state index in [9.17, 15) is 4.79 Å². The standard InChI is InChI=1S/C15H19N3O3/c1-10(2)13(7-8-19)17-15(20)12-5-3-11(4-6-12)14-16-9-21-18-14/h3-6,9-10,13,19H,7-8H2,1-2H3,(H,17,20). The molecular weight excluding hydrogens is 270 g/mol. The van der Waals surface area contributed by atoms with Gasteiger partial charge in [0, 0.05) is 23.8 Å². The van der Waals surface area contributed by atoms with Gasteiger partial charge in [-0.1, -0.05) is 31.1 Å². The first-order chi connectivity index (χ1) is 10.1. The maximum atomic E-state index is 12.2. The van der Waals surface area contributed by atoms with Gasteiger partial charge in [-0.25, -0.2) is 0 Å². The fourth-order valence-corrected chi connectivity index (χ4v) is 2.03. The Kier molecular flexibility index (Phi) is 5.05. The fourth-order valence-electron chi connectivity index (χ4n) is 2.03. The van der Waals surface area contributed by atoms with Crippen LogP contribution < -0.4 is 5.32 Å². The molecule has 1 atom stereocenters. The highest BCUT2D eigenvalue weighted by Crippen LogP contribution is 2.15. The molecule has 0 aliphatic heterocycles. The van der Waals surface area contributed by atoms with E-state index in [0.717, 1.165) is 5.56 Å². The summed E-state index contributed by atoms with van der Waals surface area (Å²) >= 11 is 0. The monoisotopic (exact) mass is 289 g/mol.